The quantitative estimate of drug-likeness (QED) is 0.276. The van der Waals surface area contributed by atoms with E-state index in [9.17, 15) is 22.8 Å². The number of urea groups is 1. The summed E-state index contributed by atoms with van der Waals surface area (Å²) in [5.74, 6) is 0.122. The van der Waals surface area contributed by atoms with Crippen LogP contribution in [0, 0.1) is 13.8 Å². The Balaban J connectivity index is 1.37. The van der Waals surface area contributed by atoms with Gasteiger partial charge in [-0.3, -0.25) is 14.6 Å². The lowest BCUT2D eigenvalue weighted by Crippen LogP contribution is -2.46. The molecule has 2 heterocycles. The van der Waals surface area contributed by atoms with Crippen LogP contribution in [0.4, 0.5) is 40.8 Å². The van der Waals surface area contributed by atoms with Gasteiger partial charge >= 0.3 is 18.2 Å². The molecular weight excluding hydrogens is 537 g/mol. The van der Waals surface area contributed by atoms with Gasteiger partial charge in [0.2, 0.25) is 0 Å². The maximum Gasteiger partial charge on any atom is 0.416 e. The van der Waals surface area contributed by atoms with E-state index in [4.69, 9.17) is 10.5 Å². The van der Waals surface area contributed by atoms with Gasteiger partial charge in [0.25, 0.3) is 5.91 Å². The first-order valence-corrected chi connectivity index (χ1v) is 12.4. The van der Waals surface area contributed by atoms with Gasteiger partial charge in [-0.15, -0.1) is 0 Å². The fraction of sp³-hybridized carbons (Fsp3) is 0.172. The zero-order valence-electron chi connectivity index (χ0n) is 22.3. The molecule has 3 N–H and O–H groups in total. The zero-order chi connectivity index (χ0) is 29.5. The van der Waals surface area contributed by atoms with Crippen molar-refractivity contribution in [3.05, 3.63) is 94.7 Å². The molecule has 0 radical (unpaired) electrons. The number of nitrogens with zero attached hydrogens (tertiary/aromatic N) is 4. The van der Waals surface area contributed by atoms with Crippen LogP contribution in [-0.2, 0) is 12.7 Å². The molecular formula is C29H25F3N6O3. The van der Waals surface area contributed by atoms with Gasteiger partial charge in [-0.2, -0.15) is 18.2 Å². The number of anilines is 4. The molecule has 0 unspecified atom stereocenters. The highest BCUT2D eigenvalue weighted by molar-refractivity contribution is 6.07. The molecule has 41 heavy (non-hydrogen) atoms. The molecule has 4 aromatic rings. The zero-order valence-corrected chi connectivity index (χ0v) is 22.3. The van der Waals surface area contributed by atoms with Gasteiger partial charge in [0.1, 0.15) is 11.6 Å². The summed E-state index contributed by atoms with van der Waals surface area (Å²) in [6.45, 7) is 3.82. The summed E-state index contributed by atoms with van der Waals surface area (Å²) in [5.41, 5.74) is 8.56. The molecule has 0 atom stereocenters. The van der Waals surface area contributed by atoms with Gasteiger partial charge < -0.3 is 15.8 Å². The first-order valence-electron chi connectivity index (χ1n) is 12.4. The molecule has 0 spiro atoms. The molecule has 0 saturated heterocycles. The minimum Gasteiger partial charge on any atom is -0.424 e. The predicted molar refractivity (Wildman–Crippen MR) is 148 cm³/mol. The highest BCUT2D eigenvalue weighted by Gasteiger charge is 2.33. The standard InChI is InChI=1S/C29H25F3N6O3/c1-16-8-10-22(13-23(16)33)41-27-34-14-19-15-38(28(40)37(3)25(19)36-27)24-12-21(9-7-17(24)2)35-26(39)18-5-4-6-20(11-18)29(30,31)32/h4-14H,15,33H2,1-3H3,(H,35,39). The number of nitrogen functional groups attached to an aromatic ring is 1. The molecule has 0 bridgehead atoms. The van der Waals surface area contributed by atoms with Crippen molar-refractivity contribution >= 4 is 34.8 Å². The molecule has 1 aliphatic heterocycles. The van der Waals surface area contributed by atoms with Crippen molar-refractivity contribution in [2.45, 2.75) is 26.6 Å². The lowest BCUT2D eigenvalue weighted by molar-refractivity contribution is -0.137. The molecule has 0 aliphatic carbocycles. The number of aryl methyl sites for hydroxylation is 2. The van der Waals surface area contributed by atoms with Crippen molar-refractivity contribution in [1.29, 1.82) is 0 Å². The number of rotatable bonds is 5. The van der Waals surface area contributed by atoms with E-state index < -0.39 is 17.6 Å². The fourth-order valence-corrected chi connectivity index (χ4v) is 4.34. The second-order valence-electron chi connectivity index (χ2n) is 9.58. The van der Waals surface area contributed by atoms with Gasteiger partial charge in [0.05, 0.1) is 17.8 Å². The van der Waals surface area contributed by atoms with Gasteiger partial charge in [0, 0.05) is 41.8 Å². The van der Waals surface area contributed by atoms with Crippen molar-refractivity contribution in [3.8, 4) is 11.8 Å². The van der Waals surface area contributed by atoms with E-state index in [-0.39, 0.29) is 24.1 Å². The Morgan fingerprint density at radius 2 is 1.80 bits per heavy atom. The lowest BCUT2D eigenvalue weighted by atomic mass is 10.1. The summed E-state index contributed by atoms with van der Waals surface area (Å²) in [4.78, 5) is 37.7. The van der Waals surface area contributed by atoms with E-state index in [1.54, 1.807) is 50.5 Å². The Labute approximate surface area is 233 Å². The number of halogens is 3. The lowest BCUT2D eigenvalue weighted by Gasteiger charge is -2.34. The van der Waals surface area contributed by atoms with E-state index in [0.717, 1.165) is 23.3 Å². The normalized spacial score (nSPS) is 13.2. The van der Waals surface area contributed by atoms with Crippen LogP contribution >= 0.6 is 0 Å². The van der Waals surface area contributed by atoms with Crippen molar-refractivity contribution < 1.29 is 27.5 Å². The maximum atomic E-state index is 13.4. The Morgan fingerprint density at radius 3 is 2.54 bits per heavy atom. The number of fused-ring (bicyclic) bond motifs is 1. The van der Waals surface area contributed by atoms with Crippen LogP contribution in [0.15, 0.2) is 66.9 Å². The Morgan fingerprint density at radius 1 is 1.05 bits per heavy atom. The topological polar surface area (TPSA) is 114 Å². The molecule has 210 valence electrons. The average Bonchev–Trinajstić information content (AvgIpc) is 2.94. The van der Waals surface area contributed by atoms with Crippen LogP contribution in [0.5, 0.6) is 11.8 Å². The molecule has 0 fully saturated rings. The van der Waals surface area contributed by atoms with E-state index in [2.05, 4.69) is 15.3 Å². The number of ether oxygens (including phenoxy) is 1. The molecule has 0 saturated carbocycles. The minimum absolute atomic E-state index is 0.0515. The van der Waals surface area contributed by atoms with E-state index in [1.165, 1.54) is 21.9 Å². The maximum absolute atomic E-state index is 13.4. The number of hydrogen-bond acceptors (Lipinski definition) is 6. The van der Waals surface area contributed by atoms with Crippen LogP contribution < -0.4 is 25.6 Å². The summed E-state index contributed by atoms with van der Waals surface area (Å²) < 4.78 is 45.0. The first-order chi connectivity index (χ1) is 19.4. The van der Waals surface area contributed by atoms with Crippen LogP contribution in [0.1, 0.15) is 32.6 Å². The van der Waals surface area contributed by atoms with Crippen LogP contribution in [0.3, 0.4) is 0 Å². The molecule has 3 aromatic carbocycles. The van der Waals surface area contributed by atoms with Crippen molar-refractivity contribution in [1.82, 2.24) is 9.97 Å². The Bertz CT molecular complexity index is 1670. The van der Waals surface area contributed by atoms with Crippen LogP contribution in [0.2, 0.25) is 0 Å². The fourth-order valence-electron chi connectivity index (χ4n) is 4.34. The van der Waals surface area contributed by atoms with E-state index in [1.807, 2.05) is 13.0 Å². The highest BCUT2D eigenvalue weighted by Crippen LogP contribution is 2.34. The third kappa shape index (κ3) is 5.62. The third-order valence-corrected chi connectivity index (χ3v) is 6.65. The second-order valence-corrected chi connectivity index (χ2v) is 9.58. The monoisotopic (exact) mass is 562 g/mol. The third-order valence-electron chi connectivity index (χ3n) is 6.65. The predicted octanol–water partition coefficient (Wildman–Crippen LogP) is 6.32. The molecule has 1 aliphatic rings. The van der Waals surface area contributed by atoms with Crippen LogP contribution in [-0.4, -0.2) is 29.0 Å². The van der Waals surface area contributed by atoms with E-state index >= 15 is 0 Å². The van der Waals surface area contributed by atoms with E-state index in [0.29, 0.717) is 34.2 Å². The van der Waals surface area contributed by atoms with Crippen LogP contribution in [0.25, 0.3) is 0 Å². The minimum atomic E-state index is -4.57. The number of carbonyl (C=O) groups excluding carboxylic acids is 2. The number of aromatic nitrogens is 2. The summed E-state index contributed by atoms with van der Waals surface area (Å²) in [6.07, 6.45) is -3.00. The molecule has 1 aromatic heterocycles. The first kappa shape index (κ1) is 27.4. The summed E-state index contributed by atoms with van der Waals surface area (Å²) in [7, 11) is 1.57. The molecule has 9 nitrogen and oxygen atoms in total. The number of hydrogen-bond donors (Lipinski definition) is 2. The average molecular weight is 563 g/mol. The van der Waals surface area contributed by atoms with Gasteiger partial charge in [0.15, 0.2) is 0 Å². The number of benzene rings is 3. The van der Waals surface area contributed by atoms with Gasteiger partial charge in [-0.1, -0.05) is 18.2 Å². The Kier molecular flexibility index (Phi) is 6.99. The summed E-state index contributed by atoms with van der Waals surface area (Å²) in [6, 6.07) is 14.0. The summed E-state index contributed by atoms with van der Waals surface area (Å²) >= 11 is 0. The largest absolute Gasteiger partial charge is 0.424 e. The van der Waals surface area contributed by atoms with Crippen molar-refractivity contribution in [3.63, 3.8) is 0 Å². The summed E-state index contributed by atoms with van der Waals surface area (Å²) in [5, 5.41) is 2.62. The van der Waals surface area contributed by atoms with Crippen molar-refractivity contribution in [2.75, 3.05) is 27.9 Å². The number of nitrogens with one attached hydrogen (secondary N) is 1. The number of carbonyl (C=O) groups is 2. The van der Waals surface area contributed by atoms with Gasteiger partial charge in [-0.25, -0.2) is 9.78 Å². The number of nitrogens with two attached hydrogens (primary N) is 1. The molecule has 3 amide bonds. The second kappa shape index (κ2) is 10.5. The Hall–Kier alpha value is -5.13. The van der Waals surface area contributed by atoms with Crippen molar-refractivity contribution in [2.24, 2.45) is 0 Å². The molecule has 5 rings (SSSR count). The van der Waals surface area contributed by atoms with Gasteiger partial charge in [-0.05, 0) is 61.4 Å². The molecule has 12 heteroatoms. The number of amides is 3. The number of alkyl halides is 3. The SMILES string of the molecule is Cc1ccc(Oc2ncc3c(n2)N(C)C(=O)N(c2cc(NC(=O)c4cccc(C(F)(F)F)c4)ccc2C)C3)cc1N. The highest BCUT2D eigenvalue weighted by atomic mass is 19.4. The smallest absolute Gasteiger partial charge is 0.416 e.